The van der Waals surface area contributed by atoms with Gasteiger partial charge in [0.05, 0.1) is 24.4 Å². The van der Waals surface area contributed by atoms with E-state index in [2.05, 4.69) is 13.2 Å². The molecule has 12 heteroatoms. The Bertz CT molecular complexity index is 1500. The van der Waals surface area contributed by atoms with E-state index < -0.39 is 42.2 Å². The van der Waals surface area contributed by atoms with E-state index in [0.29, 0.717) is 80.3 Å². The Morgan fingerprint density at radius 2 is 1.14 bits per heavy atom. The lowest BCUT2D eigenvalue weighted by molar-refractivity contribution is -0.148. The van der Waals surface area contributed by atoms with E-state index in [9.17, 15) is 28.8 Å². The number of ether oxygens (including phenoxy) is 6. The maximum Gasteiger partial charge on any atom is 0.343 e. The van der Waals surface area contributed by atoms with E-state index in [4.69, 9.17) is 28.4 Å². The van der Waals surface area contributed by atoms with E-state index in [1.54, 1.807) is 55.5 Å². The molecule has 0 spiro atoms. The summed E-state index contributed by atoms with van der Waals surface area (Å²) in [6, 6.07) is 0. The van der Waals surface area contributed by atoms with Crippen molar-refractivity contribution in [3.05, 3.63) is 96.4 Å². The zero-order chi connectivity index (χ0) is 37.0. The Balaban J connectivity index is 1.31. The van der Waals surface area contributed by atoms with Crippen LogP contribution in [0.25, 0.3) is 0 Å². The lowest BCUT2D eigenvalue weighted by Gasteiger charge is -2.22. The minimum absolute atomic E-state index is 0.239. The van der Waals surface area contributed by atoms with Crippen molar-refractivity contribution in [3.63, 3.8) is 0 Å². The third kappa shape index (κ3) is 15.0. The van der Waals surface area contributed by atoms with Crippen LogP contribution in [-0.2, 0) is 57.2 Å². The number of unbranched alkanes of at least 4 members (excludes halogenated alkanes) is 4. The predicted molar refractivity (Wildman–Crippen MR) is 185 cm³/mol. The molecule has 3 aliphatic carbocycles. The van der Waals surface area contributed by atoms with Crippen LogP contribution in [0.4, 0.5) is 0 Å². The maximum absolute atomic E-state index is 12.8. The first-order valence-corrected chi connectivity index (χ1v) is 17.1. The highest BCUT2D eigenvalue weighted by atomic mass is 16.6. The van der Waals surface area contributed by atoms with Gasteiger partial charge in [0, 0.05) is 44.3 Å². The first-order chi connectivity index (χ1) is 24.6. The van der Waals surface area contributed by atoms with Crippen LogP contribution < -0.4 is 0 Å². The molecule has 3 aliphatic rings. The normalized spacial score (nSPS) is 19.2. The number of rotatable bonds is 20. The van der Waals surface area contributed by atoms with Gasteiger partial charge in [0.15, 0.2) is 0 Å². The lowest BCUT2D eigenvalue weighted by Crippen LogP contribution is -2.23. The fourth-order valence-electron chi connectivity index (χ4n) is 5.08. The number of allylic oxidation sites excluding steroid dienone is 1. The predicted octanol–water partition coefficient (Wildman–Crippen LogP) is 5.85. The van der Waals surface area contributed by atoms with E-state index in [-0.39, 0.29) is 38.0 Å². The summed E-state index contributed by atoms with van der Waals surface area (Å²) < 4.78 is 32.0. The summed E-state index contributed by atoms with van der Waals surface area (Å²) in [6.07, 6.45) is 19.3. The van der Waals surface area contributed by atoms with Crippen LogP contribution in [0.5, 0.6) is 0 Å². The third-order valence-electron chi connectivity index (χ3n) is 7.85. The molecule has 0 amide bonds. The van der Waals surface area contributed by atoms with Gasteiger partial charge in [-0.1, -0.05) is 25.3 Å². The molecule has 3 atom stereocenters. The minimum atomic E-state index is -0.554. The second-order valence-electron chi connectivity index (χ2n) is 11.9. The first kappa shape index (κ1) is 40.2. The Kier molecular flexibility index (Phi) is 17.1. The highest BCUT2D eigenvalue weighted by Gasteiger charge is 2.24. The summed E-state index contributed by atoms with van der Waals surface area (Å²) in [5.74, 6) is -2.33. The van der Waals surface area contributed by atoms with E-state index in [1.807, 2.05) is 0 Å². The molecular formula is C39H46O12. The molecule has 0 saturated heterocycles. The fraction of sp³-hybridized carbons (Fsp3) is 0.436. The van der Waals surface area contributed by atoms with Crippen LogP contribution in [0.15, 0.2) is 96.4 Å². The molecule has 274 valence electrons. The lowest BCUT2D eigenvalue weighted by atomic mass is 10.0. The third-order valence-corrected chi connectivity index (χ3v) is 7.85. The summed E-state index contributed by atoms with van der Waals surface area (Å²) in [4.78, 5) is 72.0. The van der Waals surface area contributed by atoms with Gasteiger partial charge in [0.2, 0.25) is 0 Å². The molecule has 0 aromatic rings. The average molecular weight is 707 g/mol. The average Bonchev–Trinajstić information content (AvgIpc) is 3.12. The zero-order valence-corrected chi connectivity index (χ0v) is 29.0. The smallest absolute Gasteiger partial charge is 0.343 e. The molecule has 0 N–H and O–H groups in total. The topological polar surface area (TPSA) is 158 Å². The number of carbonyl (C=O) groups excluding carboxylic acids is 6. The molecule has 0 radical (unpaired) electrons. The molecule has 0 aliphatic heterocycles. The molecule has 3 unspecified atom stereocenters. The number of esters is 6. The fourth-order valence-corrected chi connectivity index (χ4v) is 5.08. The SMILES string of the molecule is C=CC(=O)OCCCCCC(=O)OC1C=CC(C(=O)OC2=CCC(OC(=O)C3=CCC(OC(=O)CCCCCOC(=O)C=C)C=C3)C=C2C)=CC1. The molecule has 0 aromatic heterocycles. The molecule has 0 bridgehead atoms. The monoisotopic (exact) mass is 706 g/mol. The van der Waals surface area contributed by atoms with E-state index in [0.717, 1.165) is 12.2 Å². The van der Waals surface area contributed by atoms with Gasteiger partial charge >= 0.3 is 35.8 Å². The maximum atomic E-state index is 12.8. The molecule has 51 heavy (non-hydrogen) atoms. The molecule has 0 saturated carbocycles. The van der Waals surface area contributed by atoms with Crippen molar-refractivity contribution in [2.75, 3.05) is 13.2 Å². The van der Waals surface area contributed by atoms with Gasteiger partial charge in [-0.3, -0.25) is 9.59 Å². The number of carbonyl (C=O) groups is 6. The molecular weight excluding hydrogens is 660 g/mol. The molecule has 0 heterocycles. The van der Waals surface area contributed by atoms with Crippen molar-refractivity contribution in [1.29, 1.82) is 0 Å². The highest BCUT2D eigenvalue weighted by Crippen LogP contribution is 2.25. The van der Waals surface area contributed by atoms with Gasteiger partial charge in [0.25, 0.3) is 0 Å². The summed E-state index contributed by atoms with van der Waals surface area (Å²) in [5.41, 5.74) is 1.33. The van der Waals surface area contributed by atoms with Crippen molar-refractivity contribution in [3.8, 4) is 0 Å². The summed E-state index contributed by atoms with van der Waals surface area (Å²) in [5, 5.41) is 0. The Labute approximate surface area is 298 Å². The van der Waals surface area contributed by atoms with Crippen molar-refractivity contribution < 1.29 is 57.2 Å². The van der Waals surface area contributed by atoms with Crippen LogP contribution in [0.3, 0.4) is 0 Å². The minimum Gasteiger partial charge on any atom is -0.463 e. The zero-order valence-electron chi connectivity index (χ0n) is 29.0. The summed E-state index contributed by atoms with van der Waals surface area (Å²) in [7, 11) is 0. The van der Waals surface area contributed by atoms with Crippen LogP contribution in [0.1, 0.15) is 77.6 Å². The quantitative estimate of drug-likeness (QED) is 0.0645. The van der Waals surface area contributed by atoms with E-state index >= 15 is 0 Å². The van der Waals surface area contributed by atoms with Gasteiger partial charge in [-0.2, -0.15) is 0 Å². The van der Waals surface area contributed by atoms with Gasteiger partial charge in [-0.15, -0.1) is 0 Å². The van der Waals surface area contributed by atoms with Crippen molar-refractivity contribution in [1.82, 2.24) is 0 Å². The van der Waals surface area contributed by atoms with Gasteiger partial charge in [-0.05, 0) is 87.5 Å². The molecule has 12 nitrogen and oxygen atoms in total. The van der Waals surface area contributed by atoms with Gasteiger partial charge < -0.3 is 28.4 Å². The second kappa shape index (κ2) is 21.7. The van der Waals surface area contributed by atoms with Crippen LogP contribution in [-0.4, -0.2) is 67.3 Å². The van der Waals surface area contributed by atoms with E-state index in [1.165, 1.54) is 0 Å². The molecule has 0 fully saturated rings. The second-order valence-corrected chi connectivity index (χ2v) is 11.9. The van der Waals surface area contributed by atoms with Gasteiger partial charge in [0.1, 0.15) is 24.1 Å². The Hall–Kier alpha value is -5.26. The Morgan fingerprint density at radius 3 is 1.59 bits per heavy atom. The van der Waals surface area contributed by atoms with Crippen molar-refractivity contribution in [2.24, 2.45) is 0 Å². The van der Waals surface area contributed by atoms with Crippen molar-refractivity contribution >= 4 is 35.8 Å². The number of hydrogen-bond acceptors (Lipinski definition) is 12. The molecule has 3 rings (SSSR count). The summed E-state index contributed by atoms with van der Waals surface area (Å²) in [6.45, 7) is 8.97. The largest absolute Gasteiger partial charge is 0.463 e. The van der Waals surface area contributed by atoms with Crippen LogP contribution in [0.2, 0.25) is 0 Å². The van der Waals surface area contributed by atoms with Crippen molar-refractivity contribution in [2.45, 2.75) is 95.9 Å². The standard InChI is InChI=1S/C39H46O12/c1-4-34(40)46-24-10-6-8-12-36(42)48-30-18-14-28(15-19-30)38(44)50-32-22-23-33(27(3)26-32)51-39(45)29-16-20-31(21-17-29)49-37(43)13-9-7-11-25-47-35(41)5-2/h4-5,14-18,20,23,26,30-32H,1-2,6-13,19,21-22,24-25H2,3H3. The number of hydrogen-bond donors (Lipinski definition) is 0. The van der Waals surface area contributed by atoms with Crippen LogP contribution >= 0.6 is 0 Å². The highest BCUT2D eigenvalue weighted by molar-refractivity contribution is 5.93. The Morgan fingerprint density at radius 1 is 0.647 bits per heavy atom. The van der Waals surface area contributed by atoms with Gasteiger partial charge in [-0.25, -0.2) is 19.2 Å². The first-order valence-electron chi connectivity index (χ1n) is 17.1. The van der Waals surface area contributed by atoms with Crippen LogP contribution in [0, 0.1) is 0 Å². The summed E-state index contributed by atoms with van der Waals surface area (Å²) >= 11 is 0. The molecule has 0 aromatic carbocycles.